The molecule has 0 spiro atoms. The molecule has 3 amide bonds. The van der Waals surface area contributed by atoms with Crippen LogP contribution >= 0.6 is 0 Å². The SMILES string of the molecule is CC1C(=O)N(C(=O)OC(C)(C)C)CCN1C(=O)OCc1ccccc1. The van der Waals surface area contributed by atoms with Gasteiger partial charge in [0.05, 0.1) is 0 Å². The molecule has 1 heterocycles. The van der Waals surface area contributed by atoms with Crippen LogP contribution < -0.4 is 0 Å². The zero-order valence-corrected chi connectivity index (χ0v) is 15.0. The molecule has 7 heteroatoms. The highest BCUT2D eigenvalue weighted by atomic mass is 16.6. The number of nitrogens with zero attached hydrogens (tertiary/aromatic N) is 2. The second-order valence-electron chi connectivity index (χ2n) is 6.88. The Morgan fingerprint density at radius 3 is 2.36 bits per heavy atom. The maximum atomic E-state index is 12.4. The van der Waals surface area contributed by atoms with Crippen molar-refractivity contribution in [1.82, 2.24) is 9.80 Å². The summed E-state index contributed by atoms with van der Waals surface area (Å²) in [6.45, 7) is 7.19. The standard InChI is InChI=1S/C18H24N2O5/c1-13-15(21)20(17(23)25-18(2,3)4)11-10-19(13)16(22)24-12-14-8-6-5-7-9-14/h5-9,13H,10-12H2,1-4H3. The molecule has 1 aliphatic heterocycles. The summed E-state index contributed by atoms with van der Waals surface area (Å²) >= 11 is 0. The summed E-state index contributed by atoms with van der Waals surface area (Å²) in [5.74, 6) is -0.475. The molecule has 1 aliphatic rings. The molecular weight excluding hydrogens is 324 g/mol. The van der Waals surface area contributed by atoms with Gasteiger partial charge in [-0.25, -0.2) is 14.5 Å². The molecule has 2 rings (SSSR count). The van der Waals surface area contributed by atoms with Gasteiger partial charge in [-0.1, -0.05) is 30.3 Å². The first-order chi connectivity index (χ1) is 11.7. The van der Waals surface area contributed by atoms with Crippen molar-refractivity contribution in [3.05, 3.63) is 35.9 Å². The Labute approximate surface area is 147 Å². The van der Waals surface area contributed by atoms with Gasteiger partial charge in [0.25, 0.3) is 5.91 Å². The third kappa shape index (κ3) is 4.95. The maximum Gasteiger partial charge on any atom is 0.417 e. The zero-order valence-electron chi connectivity index (χ0n) is 15.0. The number of hydrogen-bond acceptors (Lipinski definition) is 5. The van der Waals surface area contributed by atoms with Gasteiger partial charge in [0.1, 0.15) is 18.2 Å². The molecule has 0 radical (unpaired) electrons. The number of carbonyl (C=O) groups is 3. The lowest BCUT2D eigenvalue weighted by atomic mass is 10.2. The fourth-order valence-electron chi connectivity index (χ4n) is 2.42. The summed E-state index contributed by atoms with van der Waals surface area (Å²) < 4.78 is 10.5. The first-order valence-electron chi connectivity index (χ1n) is 8.21. The van der Waals surface area contributed by atoms with E-state index in [4.69, 9.17) is 9.47 Å². The average Bonchev–Trinajstić information content (AvgIpc) is 2.54. The largest absolute Gasteiger partial charge is 0.445 e. The Kier molecular flexibility index (Phi) is 5.66. The van der Waals surface area contributed by atoms with E-state index in [1.807, 2.05) is 30.3 Å². The van der Waals surface area contributed by atoms with Crippen molar-refractivity contribution in [2.75, 3.05) is 13.1 Å². The highest BCUT2D eigenvalue weighted by Crippen LogP contribution is 2.17. The molecule has 1 unspecified atom stereocenters. The molecule has 7 nitrogen and oxygen atoms in total. The van der Waals surface area contributed by atoms with Crippen LogP contribution in [0, 0.1) is 0 Å². The number of piperazine rings is 1. The van der Waals surface area contributed by atoms with E-state index in [0.29, 0.717) is 0 Å². The Balaban J connectivity index is 1.94. The van der Waals surface area contributed by atoms with E-state index >= 15 is 0 Å². The van der Waals surface area contributed by atoms with E-state index in [0.717, 1.165) is 10.5 Å². The first-order valence-corrected chi connectivity index (χ1v) is 8.21. The van der Waals surface area contributed by atoms with Gasteiger partial charge < -0.3 is 9.47 Å². The van der Waals surface area contributed by atoms with Gasteiger partial charge in [-0.3, -0.25) is 9.69 Å². The second-order valence-corrected chi connectivity index (χ2v) is 6.88. The first kappa shape index (κ1) is 18.8. The monoisotopic (exact) mass is 348 g/mol. The predicted octanol–water partition coefficient (Wildman–Crippen LogP) is 2.79. The molecule has 0 aromatic heterocycles. The Hall–Kier alpha value is -2.57. The molecule has 0 N–H and O–H groups in total. The summed E-state index contributed by atoms with van der Waals surface area (Å²) in [6, 6.07) is 8.50. The lowest BCUT2D eigenvalue weighted by Gasteiger charge is -2.37. The van der Waals surface area contributed by atoms with Gasteiger partial charge in [0.15, 0.2) is 0 Å². The molecule has 25 heavy (non-hydrogen) atoms. The van der Waals surface area contributed by atoms with E-state index in [2.05, 4.69) is 0 Å². The third-order valence-corrected chi connectivity index (χ3v) is 3.71. The van der Waals surface area contributed by atoms with Gasteiger partial charge in [-0.2, -0.15) is 0 Å². The van der Waals surface area contributed by atoms with Crippen molar-refractivity contribution in [1.29, 1.82) is 0 Å². The number of benzene rings is 1. The molecule has 0 saturated carbocycles. The predicted molar refractivity (Wildman–Crippen MR) is 90.7 cm³/mol. The number of carbonyl (C=O) groups excluding carboxylic acids is 3. The highest BCUT2D eigenvalue weighted by Gasteiger charge is 2.39. The van der Waals surface area contributed by atoms with Crippen LogP contribution in [-0.4, -0.2) is 52.6 Å². The summed E-state index contributed by atoms with van der Waals surface area (Å²) in [4.78, 5) is 39.1. The van der Waals surface area contributed by atoms with Crippen LogP contribution in [0.15, 0.2) is 30.3 Å². The molecule has 0 bridgehead atoms. The van der Waals surface area contributed by atoms with Crippen molar-refractivity contribution < 1.29 is 23.9 Å². The molecular formula is C18H24N2O5. The van der Waals surface area contributed by atoms with Crippen molar-refractivity contribution in [3.63, 3.8) is 0 Å². The topological polar surface area (TPSA) is 76.2 Å². The van der Waals surface area contributed by atoms with Crippen LogP contribution in [0.1, 0.15) is 33.3 Å². The fourth-order valence-corrected chi connectivity index (χ4v) is 2.42. The Morgan fingerprint density at radius 1 is 1.12 bits per heavy atom. The number of imide groups is 1. The minimum atomic E-state index is -0.787. The average molecular weight is 348 g/mol. The number of amides is 3. The minimum absolute atomic E-state index is 0.0819. The molecule has 1 aromatic carbocycles. The molecule has 1 saturated heterocycles. The molecule has 136 valence electrons. The van der Waals surface area contributed by atoms with Crippen LogP contribution in [0.4, 0.5) is 9.59 Å². The van der Waals surface area contributed by atoms with Gasteiger partial charge in [0, 0.05) is 13.1 Å². The van der Waals surface area contributed by atoms with Gasteiger partial charge in [-0.15, -0.1) is 0 Å². The zero-order chi connectivity index (χ0) is 18.6. The molecule has 1 fully saturated rings. The Morgan fingerprint density at radius 2 is 1.76 bits per heavy atom. The van der Waals surface area contributed by atoms with Crippen molar-refractivity contribution in [3.8, 4) is 0 Å². The van der Waals surface area contributed by atoms with Crippen molar-refractivity contribution in [2.24, 2.45) is 0 Å². The molecule has 0 aliphatic carbocycles. The van der Waals surface area contributed by atoms with Crippen LogP contribution in [-0.2, 0) is 20.9 Å². The van der Waals surface area contributed by atoms with E-state index in [1.165, 1.54) is 4.90 Å². The maximum absolute atomic E-state index is 12.4. The quantitative estimate of drug-likeness (QED) is 0.821. The second kappa shape index (κ2) is 7.55. The lowest BCUT2D eigenvalue weighted by Crippen LogP contribution is -2.59. The van der Waals surface area contributed by atoms with Gasteiger partial charge in [-0.05, 0) is 33.3 Å². The van der Waals surface area contributed by atoms with Gasteiger partial charge >= 0.3 is 12.2 Å². The van der Waals surface area contributed by atoms with Crippen LogP contribution in [0.25, 0.3) is 0 Å². The normalized spacial score (nSPS) is 18.1. The van der Waals surface area contributed by atoms with Crippen LogP contribution in [0.3, 0.4) is 0 Å². The summed E-state index contributed by atoms with van der Waals surface area (Å²) in [5.41, 5.74) is 0.175. The molecule has 1 atom stereocenters. The summed E-state index contributed by atoms with van der Waals surface area (Å²) in [7, 11) is 0. The van der Waals surface area contributed by atoms with Crippen LogP contribution in [0.5, 0.6) is 0 Å². The Bertz CT molecular complexity index is 639. The molecule has 1 aromatic rings. The number of hydrogen-bond donors (Lipinski definition) is 0. The number of rotatable bonds is 2. The summed E-state index contributed by atoms with van der Waals surface area (Å²) in [6.07, 6.45) is -1.27. The number of ether oxygens (including phenoxy) is 2. The summed E-state index contributed by atoms with van der Waals surface area (Å²) in [5, 5.41) is 0. The van der Waals surface area contributed by atoms with E-state index in [-0.39, 0.29) is 19.7 Å². The third-order valence-electron chi connectivity index (χ3n) is 3.71. The van der Waals surface area contributed by atoms with E-state index < -0.39 is 29.7 Å². The minimum Gasteiger partial charge on any atom is -0.445 e. The van der Waals surface area contributed by atoms with Crippen molar-refractivity contribution in [2.45, 2.75) is 45.9 Å². The highest BCUT2D eigenvalue weighted by molar-refractivity contribution is 5.97. The van der Waals surface area contributed by atoms with Crippen molar-refractivity contribution >= 4 is 18.1 Å². The smallest absolute Gasteiger partial charge is 0.417 e. The fraction of sp³-hybridized carbons (Fsp3) is 0.500. The van der Waals surface area contributed by atoms with E-state index in [9.17, 15) is 14.4 Å². The van der Waals surface area contributed by atoms with E-state index in [1.54, 1.807) is 27.7 Å². The van der Waals surface area contributed by atoms with Crippen LogP contribution in [0.2, 0.25) is 0 Å². The van der Waals surface area contributed by atoms with Gasteiger partial charge in [0.2, 0.25) is 0 Å². The lowest BCUT2D eigenvalue weighted by molar-refractivity contribution is -0.138.